The number of rotatable bonds is 2. The third-order valence-corrected chi connectivity index (χ3v) is 3.90. The molecule has 0 N–H and O–H groups in total. The van der Waals surface area contributed by atoms with Crippen molar-refractivity contribution in [2.75, 3.05) is 0 Å². The van der Waals surface area contributed by atoms with E-state index in [-0.39, 0.29) is 13.0 Å². The van der Waals surface area contributed by atoms with Gasteiger partial charge >= 0.3 is 15.6 Å². The number of alkyl halides is 3. The standard InChI is InChI=1S/C12H11F3N2O4S/c1-11(2)4-9-8(6-20-11)3-7(5-16)10(17-9)21-22(18,19)12(13,14)15/h3H,4,6H2,1-2H3. The molecular formula is C12H11F3N2O4S. The SMILES string of the molecule is CC1(C)Cc2nc(OS(=O)(=O)C(F)(F)F)c(C#N)cc2CO1. The van der Waals surface area contributed by atoms with Gasteiger partial charge in [0.05, 0.1) is 17.9 Å². The smallest absolute Gasteiger partial charge is 0.370 e. The van der Waals surface area contributed by atoms with Crippen molar-refractivity contribution in [3.05, 3.63) is 22.9 Å². The van der Waals surface area contributed by atoms with E-state index in [0.29, 0.717) is 11.3 Å². The molecule has 10 heteroatoms. The highest BCUT2D eigenvalue weighted by Crippen LogP contribution is 2.32. The first-order valence-corrected chi connectivity index (χ1v) is 7.44. The van der Waals surface area contributed by atoms with Crippen LogP contribution < -0.4 is 4.18 Å². The molecule has 0 unspecified atom stereocenters. The molecule has 0 atom stereocenters. The summed E-state index contributed by atoms with van der Waals surface area (Å²) in [7, 11) is -5.88. The Hall–Kier alpha value is -1.86. The molecule has 2 heterocycles. The topological polar surface area (TPSA) is 89.3 Å². The molecule has 0 radical (unpaired) electrons. The lowest BCUT2D eigenvalue weighted by Gasteiger charge is -2.31. The van der Waals surface area contributed by atoms with Gasteiger partial charge in [-0.1, -0.05) is 0 Å². The van der Waals surface area contributed by atoms with Crippen molar-refractivity contribution in [1.29, 1.82) is 5.26 Å². The number of hydrogen-bond acceptors (Lipinski definition) is 6. The number of pyridine rings is 1. The number of ether oxygens (including phenoxy) is 1. The summed E-state index contributed by atoms with van der Waals surface area (Å²) in [5.74, 6) is -0.878. The Morgan fingerprint density at radius 3 is 2.64 bits per heavy atom. The minimum absolute atomic E-state index is 0.121. The first-order chi connectivity index (χ1) is 9.95. The fourth-order valence-electron chi connectivity index (χ4n) is 1.87. The minimum atomic E-state index is -5.88. The third kappa shape index (κ3) is 3.15. The van der Waals surface area contributed by atoms with Gasteiger partial charge in [-0.15, -0.1) is 0 Å². The molecule has 1 aromatic rings. The molecule has 1 aromatic heterocycles. The average molecular weight is 336 g/mol. The highest BCUT2D eigenvalue weighted by molar-refractivity contribution is 7.87. The van der Waals surface area contributed by atoms with Crippen molar-refractivity contribution in [2.24, 2.45) is 0 Å². The fourth-order valence-corrected chi connectivity index (χ4v) is 2.30. The highest BCUT2D eigenvalue weighted by Gasteiger charge is 2.49. The summed E-state index contributed by atoms with van der Waals surface area (Å²) in [6, 6.07) is 2.79. The lowest BCUT2D eigenvalue weighted by atomic mass is 9.95. The van der Waals surface area contributed by atoms with E-state index in [0.717, 1.165) is 0 Å². The summed E-state index contributed by atoms with van der Waals surface area (Å²) in [5.41, 5.74) is -5.77. The van der Waals surface area contributed by atoms with Crippen molar-refractivity contribution >= 4 is 10.1 Å². The van der Waals surface area contributed by atoms with Crippen LogP contribution in [0.5, 0.6) is 5.88 Å². The summed E-state index contributed by atoms with van der Waals surface area (Å²) in [4.78, 5) is 3.77. The molecule has 0 amide bonds. The number of aromatic nitrogens is 1. The molecule has 2 rings (SSSR count). The van der Waals surface area contributed by atoms with Gasteiger partial charge in [0, 0.05) is 12.0 Å². The van der Waals surface area contributed by atoms with Gasteiger partial charge < -0.3 is 8.92 Å². The van der Waals surface area contributed by atoms with Crippen LogP contribution in [0.4, 0.5) is 13.2 Å². The Kier molecular flexibility index (Phi) is 3.83. The predicted molar refractivity (Wildman–Crippen MR) is 67.1 cm³/mol. The van der Waals surface area contributed by atoms with Crippen LogP contribution in [-0.4, -0.2) is 24.5 Å². The summed E-state index contributed by atoms with van der Waals surface area (Å²) < 4.78 is 68.7. The molecule has 120 valence electrons. The van der Waals surface area contributed by atoms with Gasteiger partial charge in [-0.05, 0) is 19.9 Å². The fraction of sp³-hybridized carbons (Fsp3) is 0.500. The maximum Gasteiger partial charge on any atom is 0.534 e. The van der Waals surface area contributed by atoms with Crippen LogP contribution in [0, 0.1) is 11.3 Å². The molecule has 0 aliphatic carbocycles. The minimum Gasteiger partial charge on any atom is -0.370 e. The largest absolute Gasteiger partial charge is 0.534 e. The second-order valence-electron chi connectivity index (χ2n) is 5.27. The van der Waals surface area contributed by atoms with Crippen LogP contribution in [0.1, 0.15) is 30.7 Å². The summed E-state index contributed by atoms with van der Waals surface area (Å²) in [5, 5.41) is 8.94. The van der Waals surface area contributed by atoms with E-state index >= 15 is 0 Å². The molecule has 0 bridgehead atoms. The Bertz CT molecular complexity index is 751. The average Bonchev–Trinajstić information content (AvgIpc) is 2.35. The quantitative estimate of drug-likeness (QED) is 0.606. The normalized spacial score (nSPS) is 17.5. The first-order valence-electron chi connectivity index (χ1n) is 6.03. The lowest BCUT2D eigenvalue weighted by molar-refractivity contribution is -0.0504. The van der Waals surface area contributed by atoms with Crippen molar-refractivity contribution < 1.29 is 30.5 Å². The number of fused-ring (bicyclic) bond motifs is 1. The first kappa shape index (κ1) is 16.5. The predicted octanol–water partition coefficient (Wildman–Crippen LogP) is 2.03. The van der Waals surface area contributed by atoms with Crippen molar-refractivity contribution in [1.82, 2.24) is 4.98 Å². The highest BCUT2D eigenvalue weighted by atomic mass is 32.2. The lowest BCUT2D eigenvalue weighted by Crippen LogP contribution is -2.33. The zero-order valence-electron chi connectivity index (χ0n) is 11.6. The van der Waals surface area contributed by atoms with Crippen LogP contribution in [0.2, 0.25) is 0 Å². The van der Waals surface area contributed by atoms with E-state index in [9.17, 15) is 21.6 Å². The van der Waals surface area contributed by atoms with Crippen LogP contribution in [0.25, 0.3) is 0 Å². The second kappa shape index (κ2) is 5.10. The zero-order valence-corrected chi connectivity index (χ0v) is 12.4. The van der Waals surface area contributed by atoms with Crippen molar-refractivity contribution in [3.8, 4) is 11.9 Å². The van der Waals surface area contributed by atoms with Gasteiger partial charge in [0.2, 0.25) is 0 Å². The molecule has 0 spiro atoms. The molecule has 6 nitrogen and oxygen atoms in total. The molecule has 1 aliphatic rings. The van der Waals surface area contributed by atoms with Gasteiger partial charge in [-0.2, -0.15) is 26.9 Å². The van der Waals surface area contributed by atoms with Crippen LogP contribution in [0.3, 0.4) is 0 Å². The van der Waals surface area contributed by atoms with Crippen LogP contribution in [0.15, 0.2) is 6.07 Å². The second-order valence-corrected chi connectivity index (χ2v) is 6.80. The summed E-state index contributed by atoms with van der Waals surface area (Å²) in [6.45, 7) is 3.63. The molecule has 0 saturated heterocycles. The van der Waals surface area contributed by atoms with Crippen molar-refractivity contribution in [3.63, 3.8) is 0 Å². The van der Waals surface area contributed by atoms with E-state index in [1.54, 1.807) is 19.9 Å². The van der Waals surface area contributed by atoms with Gasteiger partial charge in [-0.3, -0.25) is 0 Å². The number of nitriles is 1. The molecule has 0 saturated carbocycles. The van der Waals surface area contributed by atoms with E-state index in [1.165, 1.54) is 6.07 Å². The Morgan fingerprint density at radius 1 is 1.45 bits per heavy atom. The molecule has 0 fully saturated rings. The number of hydrogen-bond donors (Lipinski definition) is 0. The zero-order chi connectivity index (χ0) is 16.8. The summed E-state index contributed by atoms with van der Waals surface area (Å²) in [6.07, 6.45) is 0.246. The van der Waals surface area contributed by atoms with Crippen LogP contribution in [-0.2, 0) is 27.9 Å². The van der Waals surface area contributed by atoms with Gasteiger partial charge in [0.15, 0.2) is 0 Å². The van der Waals surface area contributed by atoms with Gasteiger partial charge in [0.25, 0.3) is 5.88 Å². The Labute approximate surface area is 124 Å². The Morgan fingerprint density at radius 2 is 2.09 bits per heavy atom. The van der Waals surface area contributed by atoms with Gasteiger partial charge in [-0.25, -0.2) is 4.98 Å². The van der Waals surface area contributed by atoms with Gasteiger partial charge in [0.1, 0.15) is 11.6 Å². The van der Waals surface area contributed by atoms with Crippen molar-refractivity contribution in [2.45, 2.75) is 38.0 Å². The van der Waals surface area contributed by atoms with E-state index in [2.05, 4.69) is 9.17 Å². The summed E-state index contributed by atoms with van der Waals surface area (Å²) >= 11 is 0. The molecule has 22 heavy (non-hydrogen) atoms. The van der Waals surface area contributed by atoms with E-state index in [1.807, 2.05) is 0 Å². The monoisotopic (exact) mass is 336 g/mol. The molecule has 0 aromatic carbocycles. The number of nitrogens with zero attached hydrogens (tertiary/aromatic N) is 2. The number of halogens is 3. The molecule has 1 aliphatic heterocycles. The van der Waals surface area contributed by atoms with Crippen LogP contribution >= 0.6 is 0 Å². The maximum absolute atomic E-state index is 12.4. The molecular weight excluding hydrogens is 325 g/mol. The maximum atomic E-state index is 12.4. The van der Waals surface area contributed by atoms with E-state index in [4.69, 9.17) is 10.00 Å². The third-order valence-electron chi connectivity index (χ3n) is 2.96. The van der Waals surface area contributed by atoms with E-state index < -0.39 is 32.7 Å². The Balaban J connectivity index is 2.47.